The number of carbonyl (C=O) groups excluding carboxylic acids is 1. The number of nitrogens with zero attached hydrogens (tertiary/aromatic N) is 2. The van der Waals surface area contributed by atoms with Crippen LogP contribution in [0, 0.1) is 0 Å². The third-order valence-corrected chi connectivity index (χ3v) is 4.01. The first-order chi connectivity index (χ1) is 11.0. The van der Waals surface area contributed by atoms with Crippen LogP contribution in [0.15, 0.2) is 36.5 Å². The van der Waals surface area contributed by atoms with Crippen LogP contribution in [-0.4, -0.2) is 24.5 Å². The predicted octanol–water partition coefficient (Wildman–Crippen LogP) is 4.88. The van der Waals surface area contributed by atoms with E-state index in [1.807, 2.05) is 13.1 Å². The fourth-order valence-electron chi connectivity index (χ4n) is 2.05. The summed E-state index contributed by atoms with van der Waals surface area (Å²) in [5.41, 5.74) is 1.78. The summed E-state index contributed by atoms with van der Waals surface area (Å²) in [7, 11) is 2.01. The summed E-state index contributed by atoms with van der Waals surface area (Å²) >= 11 is 12.0. The normalized spacial score (nSPS) is 10.4. The first-order valence-corrected chi connectivity index (χ1v) is 8.20. The Morgan fingerprint density at radius 2 is 2.04 bits per heavy atom. The molecule has 0 aliphatic heterocycles. The minimum absolute atomic E-state index is 0.322. The Morgan fingerprint density at radius 1 is 1.26 bits per heavy atom. The van der Waals surface area contributed by atoms with Crippen molar-refractivity contribution in [1.82, 2.24) is 4.98 Å². The number of nitrogens with one attached hydrogen (secondary N) is 1. The number of amides is 1. The molecule has 0 saturated heterocycles. The van der Waals surface area contributed by atoms with Crippen LogP contribution < -0.4 is 10.2 Å². The van der Waals surface area contributed by atoms with Gasteiger partial charge >= 0.3 is 0 Å². The van der Waals surface area contributed by atoms with Crippen LogP contribution in [0.3, 0.4) is 0 Å². The number of rotatable bonds is 6. The molecule has 0 atom stereocenters. The predicted molar refractivity (Wildman–Crippen MR) is 96.8 cm³/mol. The molecular formula is C17H19Cl2N3O. The summed E-state index contributed by atoms with van der Waals surface area (Å²) in [6, 6.07) is 8.49. The van der Waals surface area contributed by atoms with Crippen molar-refractivity contribution >= 4 is 40.5 Å². The number of hydrogen-bond acceptors (Lipinski definition) is 3. The Labute approximate surface area is 146 Å². The van der Waals surface area contributed by atoms with Crippen molar-refractivity contribution in [2.45, 2.75) is 19.8 Å². The molecule has 0 unspecified atom stereocenters. The first kappa shape index (κ1) is 17.6. The summed E-state index contributed by atoms with van der Waals surface area (Å²) in [5.74, 6) is -0.322. The lowest BCUT2D eigenvalue weighted by atomic mass is 10.2. The molecule has 1 heterocycles. The van der Waals surface area contributed by atoms with Crippen molar-refractivity contribution in [3.05, 3.63) is 52.3 Å². The summed E-state index contributed by atoms with van der Waals surface area (Å²) < 4.78 is 0. The number of aromatic nitrogens is 1. The van der Waals surface area contributed by atoms with E-state index in [0.29, 0.717) is 21.4 Å². The van der Waals surface area contributed by atoms with Crippen molar-refractivity contribution < 1.29 is 4.79 Å². The van der Waals surface area contributed by atoms with Crippen molar-refractivity contribution in [3.63, 3.8) is 0 Å². The molecule has 1 aromatic carbocycles. The van der Waals surface area contributed by atoms with Gasteiger partial charge in [-0.05, 0) is 36.8 Å². The van der Waals surface area contributed by atoms with Crippen molar-refractivity contribution in [1.29, 1.82) is 0 Å². The van der Waals surface area contributed by atoms with Crippen LogP contribution in [0.25, 0.3) is 0 Å². The number of anilines is 2. The minimum atomic E-state index is -0.322. The highest BCUT2D eigenvalue weighted by molar-refractivity contribution is 6.35. The zero-order valence-corrected chi connectivity index (χ0v) is 14.7. The third kappa shape index (κ3) is 4.85. The highest BCUT2D eigenvalue weighted by atomic mass is 35.5. The standard InChI is InChI=1S/C17H19Cl2N3O/c1-3-4-9-22(2)13-6-8-15(20-11-13)17(23)21-16-10-12(18)5-7-14(16)19/h5-8,10-11H,3-4,9H2,1-2H3,(H,21,23). The fourth-order valence-corrected chi connectivity index (χ4v) is 2.39. The van der Waals surface area contributed by atoms with Crippen LogP contribution >= 0.6 is 23.2 Å². The maximum absolute atomic E-state index is 12.2. The molecule has 6 heteroatoms. The number of unbranched alkanes of at least 4 members (excludes halogenated alkanes) is 1. The molecule has 1 N–H and O–H groups in total. The van der Waals surface area contributed by atoms with E-state index in [1.165, 1.54) is 0 Å². The average molecular weight is 352 g/mol. The minimum Gasteiger partial charge on any atom is -0.373 e. The van der Waals surface area contributed by atoms with E-state index >= 15 is 0 Å². The fraction of sp³-hybridized carbons (Fsp3) is 0.294. The van der Waals surface area contributed by atoms with Gasteiger partial charge in [-0.15, -0.1) is 0 Å². The largest absolute Gasteiger partial charge is 0.373 e. The van der Waals surface area contributed by atoms with E-state index in [4.69, 9.17) is 23.2 Å². The highest BCUT2D eigenvalue weighted by Gasteiger charge is 2.11. The van der Waals surface area contributed by atoms with Gasteiger partial charge in [0.2, 0.25) is 0 Å². The molecule has 0 bridgehead atoms. The molecule has 0 spiro atoms. The Kier molecular flexibility index (Phi) is 6.25. The van der Waals surface area contributed by atoms with Gasteiger partial charge in [-0.2, -0.15) is 0 Å². The second-order valence-corrected chi connectivity index (χ2v) is 6.10. The van der Waals surface area contributed by atoms with Gasteiger partial charge in [0.15, 0.2) is 0 Å². The van der Waals surface area contributed by atoms with E-state index in [0.717, 1.165) is 25.1 Å². The van der Waals surface area contributed by atoms with Gasteiger partial charge < -0.3 is 10.2 Å². The number of benzene rings is 1. The van der Waals surface area contributed by atoms with Gasteiger partial charge in [0.25, 0.3) is 5.91 Å². The Bertz CT molecular complexity index is 674. The Balaban J connectivity index is 2.07. The summed E-state index contributed by atoms with van der Waals surface area (Å²) in [4.78, 5) is 18.6. The molecule has 0 radical (unpaired) electrons. The summed E-state index contributed by atoms with van der Waals surface area (Å²) in [5, 5.41) is 3.65. The maximum Gasteiger partial charge on any atom is 0.274 e. The third-order valence-electron chi connectivity index (χ3n) is 3.44. The Hall–Kier alpha value is -1.78. The summed E-state index contributed by atoms with van der Waals surface area (Å²) in [6.07, 6.45) is 3.95. The molecule has 1 aromatic heterocycles. The average Bonchev–Trinajstić information content (AvgIpc) is 2.56. The van der Waals surface area contributed by atoms with Gasteiger partial charge in [0.05, 0.1) is 22.6 Å². The van der Waals surface area contributed by atoms with Gasteiger partial charge in [-0.1, -0.05) is 36.5 Å². The van der Waals surface area contributed by atoms with Gasteiger partial charge in [-0.25, -0.2) is 4.98 Å². The van der Waals surface area contributed by atoms with Crippen molar-refractivity contribution in [2.75, 3.05) is 23.8 Å². The molecule has 1 amide bonds. The molecule has 2 aromatic rings. The van der Waals surface area contributed by atoms with Crippen LogP contribution in [0.4, 0.5) is 11.4 Å². The number of hydrogen-bond donors (Lipinski definition) is 1. The molecule has 0 saturated carbocycles. The monoisotopic (exact) mass is 351 g/mol. The van der Waals surface area contributed by atoms with Crippen molar-refractivity contribution in [3.8, 4) is 0 Å². The molecule has 2 rings (SSSR count). The van der Waals surface area contributed by atoms with Gasteiger partial charge in [0.1, 0.15) is 5.69 Å². The second kappa shape index (κ2) is 8.18. The molecule has 122 valence electrons. The molecular weight excluding hydrogens is 333 g/mol. The zero-order chi connectivity index (χ0) is 16.8. The number of halogens is 2. The van der Waals surface area contributed by atoms with Crippen LogP contribution in [-0.2, 0) is 0 Å². The van der Waals surface area contributed by atoms with E-state index in [2.05, 4.69) is 22.1 Å². The maximum atomic E-state index is 12.2. The highest BCUT2D eigenvalue weighted by Crippen LogP contribution is 2.25. The zero-order valence-electron chi connectivity index (χ0n) is 13.1. The van der Waals surface area contributed by atoms with Crippen molar-refractivity contribution in [2.24, 2.45) is 0 Å². The summed E-state index contributed by atoms with van der Waals surface area (Å²) in [6.45, 7) is 3.11. The molecule has 0 aliphatic rings. The lowest BCUT2D eigenvalue weighted by Gasteiger charge is -2.18. The Morgan fingerprint density at radius 3 is 2.70 bits per heavy atom. The lowest BCUT2D eigenvalue weighted by Crippen LogP contribution is -2.19. The molecule has 23 heavy (non-hydrogen) atoms. The smallest absolute Gasteiger partial charge is 0.274 e. The molecule has 4 nitrogen and oxygen atoms in total. The lowest BCUT2D eigenvalue weighted by molar-refractivity contribution is 0.102. The van der Waals surface area contributed by atoms with E-state index in [-0.39, 0.29) is 5.91 Å². The number of carbonyl (C=O) groups is 1. The van der Waals surface area contributed by atoms with Crippen LogP contribution in [0.1, 0.15) is 30.3 Å². The van der Waals surface area contributed by atoms with E-state index in [9.17, 15) is 4.79 Å². The van der Waals surface area contributed by atoms with E-state index < -0.39 is 0 Å². The van der Waals surface area contributed by atoms with Gasteiger partial charge in [-0.3, -0.25) is 4.79 Å². The SMILES string of the molecule is CCCCN(C)c1ccc(C(=O)Nc2cc(Cl)ccc2Cl)nc1. The van der Waals surface area contributed by atoms with Crippen LogP contribution in [0.2, 0.25) is 10.0 Å². The van der Waals surface area contributed by atoms with Crippen LogP contribution in [0.5, 0.6) is 0 Å². The van der Waals surface area contributed by atoms with Gasteiger partial charge in [0, 0.05) is 18.6 Å². The van der Waals surface area contributed by atoms with E-state index in [1.54, 1.807) is 30.5 Å². The molecule has 0 aliphatic carbocycles. The first-order valence-electron chi connectivity index (χ1n) is 7.45. The quantitative estimate of drug-likeness (QED) is 0.806. The number of pyridine rings is 1. The second-order valence-electron chi connectivity index (χ2n) is 5.26. The molecule has 0 fully saturated rings. The topological polar surface area (TPSA) is 45.2 Å².